The summed E-state index contributed by atoms with van der Waals surface area (Å²) in [5.74, 6) is -1.72. The van der Waals surface area contributed by atoms with Crippen molar-refractivity contribution in [2.75, 3.05) is 24.7 Å². The van der Waals surface area contributed by atoms with Crippen LogP contribution in [0.25, 0.3) is 0 Å². The minimum atomic E-state index is -3.89. The Kier molecular flexibility index (Phi) is 3.87. The maximum atomic E-state index is 12.2. The van der Waals surface area contributed by atoms with E-state index in [4.69, 9.17) is 4.74 Å². The number of rotatable bonds is 4. The molecule has 2 rings (SSSR count). The molecule has 0 bridgehead atoms. The molecule has 3 atom stereocenters. The highest BCUT2D eigenvalue weighted by Gasteiger charge is 2.49. The topological polar surface area (TPSA) is 127 Å². The van der Waals surface area contributed by atoms with E-state index in [2.05, 4.69) is 4.72 Å². The van der Waals surface area contributed by atoms with Gasteiger partial charge >= 0.3 is 5.97 Å². The van der Waals surface area contributed by atoms with Gasteiger partial charge in [0.15, 0.2) is 9.84 Å². The smallest absolute Gasteiger partial charge is 0.313 e. The van der Waals surface area contributed by atoms with Gasteiger partial charge < -0.3 is 9.84 Å². The maximum absolute atomic E-state index is 12.2. The number of sulfone groups is 1. The van der Waals surface area contributed by atoms with E-state index < -0.39 is 48.3 Å². The van der Waals surface area contributed by atoms with Crippen LogP contribution in [-0.4, -0.2) is 63.9 Å². The van der Waals surface area contributed by atoms with Crippen LogP contribution in [0.5, 0.6) is 0 Å². The van der Waals surface area contributed by atoms with Gasteiger partial charge in [0.25, 0.3) is 0 Å². The van der Waals surface area contributed by atoms with Gasteiger partial charge in [0.1, 0.15) is 5.41 Å². The van der Waals surface area contributed by atoms with Gasteiger partial charge in [-0.25, -0.2) is 21.6 Å². The standard InChI is InChI=1S/C10H17NO7S2/c1-10(9(12)13)6-18-4-8(10)11-20(16,17)7-2-3-19(14,15)5-7/h7-8,11H,2-6H2,1H3,(H,12,13). The number of carboxylic acid groups (broad SMARTS) is 1. The second-order valence-electron chi connectivity index (χ2n) is 5.48. The fourth-order valence-electron chi connectivity index (χ4n) is 2.35. The lowest BCUT2D eigenvalue weighted by Gasteiger charge is -2.26. The third-order valence-corrected chi connectivity index (χ3v) is 7.75. The Labute approximate surface area is 117 Å². The van der Waals surface area contributed by atoms with Crippen molar-refractivity contribution >= 4 is 25.8 Å². The van der Waals surface area contributed by atoms with Gasteiger partial charge in [-0.2, -0.15) is 0 Å². The second-order valence-corrected chi connectivity index (χ2v) is 9.70. The molecule has 2 aliphatic heterocycles. The number of hydrogen-bond donors (Lipinski definition) is 2. The zero-order valence-electron chi connectivity index (χ0n) is 10.9. The first kappa shape index (κ1) is 15.7. The summed E-state index contributed by atoms with van der Waals surface area (Å²) in [4.78, 5) is 11.2. The van der Waals surface area contributed by atoms with Gasteiger partial charge in [0.2, 0.25) is 10.0 Å². The molecule has 10 heteroatoms. The van der Waals surface area contributed by atoms with E-state index in [1.165, 1.54) is 6.92 Å². The molecular formula is C10H17NO7S2. The van der Waals surface area contributed by atoms with Crippen LogP contribution in [-0.2, 0) is 29.4 Å². The van der Waals surface area contributed by atoms with Crippen LogP contribution in [0.2, 0.25) is 0 Å². The third-order valence-electron chi connectivity index (χ3n) is 3.88. The van der Waals surface area contributed by atoms with Crippen molar-refractivity contribution < 1.29 is 31.5 Å². The fraction of sp³-hybridized carbons (Fsp3) is 0.900. The van der Waals surface area contributed by atoms with Crippen LogP contribution >= 0.6 is 0 Å². The largest absolute Gasteiger partial charge is 0.481 e. The Balaban J connectivity index is 2.15. The van der Waals surface area contributed by atoms with E-state index in [-0.39, 0.29) is 25.4 Å². The van der Waals surface area contributed by atoms with Gasteiger partial charge in [-0.05, 0) is 13.3 Å². The lowest BCUT2D eigenvalue weighted by atomic mass is 9.86. The predicted octanol–water partition coefficient (Wildman–Crippen LogP) is -1.42. The van der Waals surface area contributed by atoms with E-state index in [9.17, 15) is 26.7 Å². The maximum Gasteiger partial charge on any atom is 0.313 e. The average Bonchev–Trinajstić information content (AvgIpc) is 2.84. The molecule has 20 heavy (non-hydrogen) atoms. The first-order valence-corrected chi connectivity index (χ1v) is 9.46. The molecule has 0 saturated carbocycles. The summed E-state index contributed by atoms with van der Waals surface area (Å²) in [6.45, 7) is 1.28. The molecule has 2 heterocycles. The van der Waals surface area contributed by atoms with Crippen molar-refractivity contribution in [2.24, 2.45) is 5.41 Å². The quantitative estimate of drug-likeness (QED) is 0.649. The predicted molar refractivity (Wildman–Crippen MR) is 69.5 cm³/mol. The lowest BCUT2D eigenvalue weighted by Crippen LogP contribution is -2.52. The SMILES string of the molecule is CC1(C(=O)O)COCC1NS(=O)(=O)C1CCS(=O)(=O)C1. The summed E-state index contributed by atoms with van der Waals surface area (Å²) in [5, 5.41) is 8.16. The zero-order valence-corrected chi connectivity index (χ0v) is 12.5. The number of aliphatic carboxylic acids is 1. The van der Waals surface area contributed by atoms with Crippen molar-refractivity contribution in [3.05, 3.63) is 0 Å². The normalized spacial score (nSPS) is 37.0. The van der Waals surface area contributed by atoms with E-state index in [0.29, 0.717) is 0 Å². The molecule has 0 radical (unpaired) electrons. The Bertz CT molecular complexity index is 612. The zero-order chi connectivity index (χ0) is 15.2. The van der Waals surface area contributed by atoms with Crippen LogP contribution in [0.4, 0.5) is 0 Å². The van der Waals surface area contributed by atoms with Gasteiger partial charge in [-0.1, -0.05) is 0 Å². The third kappa shape index (κ3) is 2.83. The summed E-state index contributed by atoms with van der Waals surface area (Å²) < 4.78 is 54.4. The van der Waals surface area contributed by atoms with Crippen molar-refractivity contribution in [3.8, 4) is 0 Å². The molecule has 2 aliphatic rings. The number of nitrogens with one attached hydrogen (secondary N) is 1. The molecule has 0 aromatic heterocycles. The highest BCUT2D eigenvalue weighted by atomic mass is 32.2. The first-order valence-electron chi connectivity index (χ1n) is 6.09. The molecule has 8 nitrogen and oxygen atoms in total. The molecule has 0 amide bonds. The number of sulfonamides is 1. The molecule has 2 N–H and O–H groups in total. The molecule has 0 aromatic carbocycles. The molecule has 116 valence electrons. The molecule has 3 unspecified atom stereocenters. The van der Waals surface area contributed by atoms with Gasteiger partial charge in [-0.15, -0.1) is 0 Å². The minimum Gasteiger partial charge on any atom is -0.481 e. The Morgan fingerprint density at radius 2 is 2.10 bits per heavy atom. The fourth-order valence-corrected chi connectivity index (χ4v) is 6.72. The summed E-state index contributed by atoms with van der Waals surface area (Å²) in [6.07, 6.45) is 0.0367. The van der Waals surface area contributed by atoms with Crippen molar-refractivity contribution in [1.29, 1.82) is 0 Å². The summed E-state index contributed by atoms with van der Waals surface area (Å²) in [5.41, 5.74) is -1.34. The van der Waals surface area contributed by atoms with E-state index >= 15 is 0 Å². The Hall–Kier alpha value is -0.710. The Morgan fingerprint density at radius 1 is 1.45 bits per heavy atom. The molecule has 2 saturated heterocycles. The minimum absolute atomic E-state index is 0.0367. The molecule has 0 spiro atoms. The summed E-state index contributed by atoms with van der Waals surface area (Å²) in [6, 6.07) is -0.895. The van der Waals surface area contributed by atoms with Crippen LogP contribution in [0.1, 0.15) is 13.3 Å². The molecule has 2 fully saturated rings. The highest BCUT2D eigenvalue weighted by molar-refractivity contribution is 7.95. The summed E-state index contributed by atoms with van der Waals surface area (Å²) in [7, 11) is -7.22. The molecule has 0 aromatic rings. The van der Waals surface area contributed by atoms with Crippen molar-refractivity contribution in [1.82, 2.24) is 4.72 Å². The van der Waals surface area contributed by atoms with Crippen molar-refractivity contribution in [3.63, 3.8) is 0 Å². The van der Waals surface area contributed by atoms with E-state index in [0.717, 1.165) is 0 Å². The van der Waals surface area contributed by atoms with Gasteiger partial charge in [0, 0.05) is 0 Å². The highest BCUT2D eigenvalue weighted by Crippen LogP contribution is 2.30. The molecule has 0 aliphatic carbocycles. The number of carboxylic acids is 1. The van der Waals surface area contributed by atoms with Gasteiger partial charge in [0.05, 0.1) is 36.0 Å². The van der Waals surface area contributed by atoms with Crippen molar-refractivity contribution in [2.45, 2.75) is 24.6 Å². The lowest BCUT2D eigenvalue weighted by molar-refractivity contribution is -0.148. The van der Waals surface area contributed by atoms with Crippen LogP contribution < -0.4 is 4.72 Å². The van der Waals surface area contributed by atoms with E-state index in [1.807, 2.05) is 0 Å². The second kappa shape index (κ2) is 4.93. The van der Waals surface area contributed by atoms with Crippen LogP contribution in [0, 0.1) is 5.41 Å². The number of carbonyl (C=O) groups is 1. The summed E-state index contributed by atoms with van der Waals surface area (Å²) >= 11 is 0. The van der Waals surface area contributed by atoms with Gasteiger partial charge in [-0.3, -0.25) is 4.79 Å². The molecular weight excluding hydrogens is 310 g/mol. The number of hydrogen-bond acceptors (Lipinski definition) is 6. The Morgan fingerprint density at radius 3 is 2.60 bits per heavy atom. The number of ether oxygens (including phenoxy) is 1. The average molecular weight is 327 g/mol. The van der Waals surface area contributed by atoms with Crippen LogP contribution in [0.15, 0.2) is 0 Å². The van der Waals surface area contributed by atoms with Crippen LogP contribution in [0.3, 0.4) is 0 Å². The monoisotopic (exact) mass is 327 g/mol. The first-order chi connectivity index (χ1) is 9.07. The van der Waals surface area contributed by atoms with E-state index in [1.54, 1.807) is 0 Å².